The van der Waals surface area contributed by atoms with E-state index in [4.69, 9.17) is 0 Å². The molecule has 3 aromatic rings. The van der Waals surface area contributed by atoms with E-state index in [1.807, 2.05) is 25.1 Å². The molecule has 80 valence electrons. The maximum atomic E-state index is 9.75. The minimum absolute atomic E-state index is 0.0913. The summed E-state index contributed by atoms with van der Waals surface area (Å²) >= 11 is 0. The van der Waals surface area contributed by atoms with E-state index >= 15 is 0 Å². The van der Waals surface area contributed by atoms with Gasteiger partial charge in [0.2, 0.25) is 0 Å². The molecule has 0 saturated heterocycles. The highest BCUT2D eigenvalue weighted by molar-refractivity contribution is 6.09. The largest absolute Gasteiger partial charge is 0.504 e. The molecule has 0 aliphatic rings. The van der Waals surface area contributed by atoms with Crippen molar-refractivity contribution >= 4 is 21.8 Å². The molecule has 0 radical (unpaired) electrons. The minimum atomic E-state index is -0.101. The molecule has 0 spiro atoms. The average Bonchev–Trinajstić information content (AvgIpc) is 2.62. The van der Waals surface area contributed by atoms with E-state index in [1.54, 1.807) is 0 Å². The summed E-state index contributed by atoms with van der Waals surface area (Å²) in [5.74, 6) is -0.192. The van der Waals surface area contributed by atoms with Crippen LogP contribution in [0.4, 0.5) is 0 Å². The standard InChI is InChI=1S/C13H11NO2/c1-7-2-4-10-9(6-7)8-3-5-11(15)13(16)12(8)14-10/h2-6,14-16H,1H3. The van der Waals surface area contributed by atoms with Crippen molar-refractivity contribution in [1.29, 1.82) is 0 Å². The van der Waals surface area contributed by atoms with E-state index in [1.165, 1.54) is 11.6 Å². The van der Waals surface area contributed by atoms with E-state index in [9.17, 15) is 10.2 Å². The van der Waals surface area contributed by atoms with E-state index < -0.39 is 0 Å². The van der Waals surface area contributed by atoms with Gasteiger partial charge in [-0.25, -0.2) is 0 Å². The van der Waals surface area contributed by atoms with Crippen LogP contribution < -0.4 is 0 Å². The number of rotatable bonds is 0. The van der Waals surface area contributed by atoms with Gasteiger partial charge in [0.05, 0.1) is 5.52 Å². The molecule has 0 bridgehead atoms. The number of H-pyrrole nitrogens is 1. The van der Waals surface area contributed by atoms with Crippen molar-refractivity contribution in [1.82, 2.24) is 4.98 Å². The second-order valence-corrected chi connectivity index (χ2v) is 4.03. The van der Waals surface area contributed by atoms with E-state index in [0.717, 1.165) is 16.3 Å². The molecular weight excluding hydrogens is 202 g/mol. The zero-order valence-corrected chi connectivity index (χ0v) is 8.78. The van der Waals surface area contributed by atoms with Gasteiger partial charge >= 0.3 is 0 Å². The Labute approximate surface area is 92.0 Å². The summed E-state index contributed by atoms with van der Waals surface area (Å²) in [5, 5.41) is 21.2. The summed E-state index contributed by atoms with van der Waals surface area (Å²) in [6.45, 7) is 2.03. The van der Waals surface area contributed by atoms with Gasteiger partial charge in [0.25, 0.3) is 0 Å². The third kappa shape index (κ3) is 1.08. The second-order valence-electron chi connectivity index (χ2n) is 4.03. The number of phenolic OH excluding ortho intramolecular Hbond substituents is 2. The molecule has 3 heteroatoms. The Hall–Kier alpha value is -2.16. The number of phenols is 2. The topological polar surface area (TPSA) is 56.2 Å². The van der Waals surface area contributed by atoms with Crippen LogP contribution in [-0.2, 0) is 0 Å². The summed E-state index contributed by atoms with van der Waals surface area (Å²) in [5.41, 5.74) is 2.71. The number of fused-ring (bicyclic) bond motifs is 3. The molecule has 0 atom stereocenters. The molecule has 0 aliphatic heterocycles. The van der Waals surface area contributed by atoms with Crippen molar-refractivity contribution in [2.24, 2.45) is 0 Å². The van der Waals surface area contributed by atoms with Gasteiger partial charge in [0.1, 0.15) is 0 Å². The number of aryl methyl sites for hydroxylation is 1. The summed E-state index contributed by atoms with van der Waals surface area (Å²) in [6, 6.07) is 9.36. The van der Waals surface area contributed by atoms with Gasteiger partial charge in [-0.3, -0.25) is 0 Å². The summed E-state index contributed by atoms with van der Waals surface area (Å²) in [4.78, 5) is 3.10. The molecule has 1 aromatic heterocycles. The fourth-order valence-corrected chi connectivity index (χ4v) is 2.06. The molecule has 0 amide bonds. The van der Waals surface area contributed by atoms with Crippen molar-refractivity contribution in [3.8, 4) is 11.5 Å². The Morgan fingerprint density at radius 2 is 1.81 bits per heavy atom. The zero-order valence-electron chi connectivity index (χ0n) is 8.78. The highest BCUT2D eigenvalue weighted by atomic mass is 16.3. The lowest BCUT2D eigenvalue weighted by molar-refractivity contribution is 0.407. The lowest BCUT2D eigenvalue weighted by Gasteiger charge is -1.97. The summed E-state index contributed by atoms with van der Waals surface area (Å²) in [6.07, 6.45) is 0. The van der Waals surface area contributed by atoms with Gasteiger partial charge in [-0.05, 0) is 31.2 Å². The maximum absolute atomic E-state index is 9.75. The third-order valence-corrected chi connectivity index (χ3v) is 2.88. The van der Waals surface area contributed by atoms with Crippen LogP contribution in [0.25, 0.3) is 21.8 Å². The molecule has 0 fully saturated rings. The molecule has 3 rings (SSSR count). The van der Waals surface area contributed by atoms with Crippen molar-refractivity contribution in [3.05, 3.63) is 35.9 Å². The molecule has 0 saturated carbocycles. The van der Waals surface area contributed by atoms with Crippen LogP contribution in [0.5, 0.6) is 11.5 Å². The first kappa shape index (κ1) is 9.09. The molecule has 0 unspecified atom stereocenters. The highest BCUT2D eigenvalue weighted by Crippen LogP contribution is 2.36. The van der Waals surface area contributed by atoms with Crippen LogP contribution in [0, 0.1) is 6.92 Å². The smallest absolute Gasteiger partial charge is 0.182 e. The molecule has 0 aliphatic carbocycles. The van der Waals surface area contributed by atoms with Crippen LogP contribution in [0.15, 0.2) is 30.3 Å². The SMILES string of the molecule is Cc1ccc2[nH]c3c(O)c(O)ccc3c2c1. The first-order valence-corrected chi connectivity index (χ1v) is 5.10. The Morgan fingerprint density at radius 1 is 1.00 bits per heavy atom. The van der Waals surface area contributed by atoms with Crippen LogP contribution in [0.3, 0.4) is 0 Å². The Balaban J connectivity index is 2.56. The monoisotopic (exact) mass is 213 g/mol. The van der Waals surface area contributed by atoms with Crippen LogP contribution in [0.1, 0.15) is 5.56 Å². The fraction of sp³-hybridized carbons (Fsp3) is 0.0769. The minimum Gasteiger partial charge on any atom is -0.504 e. The van der Waals surface area contributed by atoms with Gasteiger partial charge < -0.3 is 15.2 Å². The highest BCUT2D eigenvalue weighted by Gasteiger charge is 2.10. The molecular formula is C13H11NO2. The van der Waals surface area contributed by atoms with Gasteiger partial charge in [-0.1, -0.05) is 11.6 Å². The Bertz CT molecular complexity index is 698. The lowest BCUT2D eigenvalue weighted by atomic mass is 10.1. The van der Waals surface area contributed by atoms with Crippen molar-refractivity contribution < 1.29 is 10.2 Å². The van der Waals surface area contributed by atoms with Crippen LogP contribution in [-0.4, -0.2) is 15.2 Å². The quantitative estimate of drug-likeness (QED) is 0.503. The van der Waals surface area contributed by atoms with Crippen molar-refractivity contribution in [3.63, 3.8) is 0 Å². The van der Waals surface area contributed by atoms with Crippen molar-refractivity contribution in [2.45, 2.75) is 6.92 Å². The summed E-state index contributed by atoms with van der Waals surface area (Å²) < 4.78 is 0. The van der Waals surface area contributed by atoms with Gasteiger partial charge in [0.15, 0.2) is 11.5 Å². The molecule has 1 heterocycles. The molecule has 2 aromatic carbocycles. The van der Waals surface area contributed by atoms with Crippen LogP contribution in [0.2, 0.25) is 0 Å². The van der Waals surface area contributed by atoms with Crippen molar-refractivity contribution in [2.75, 3.05) is 0 Å². The predicted molar refractivity (Wildman–Crippen MR) is 63.9 cm³/mol. The molecule has 3 nitrogen and oxygen atoms in total. The number of aromatic hydroxyl groups is 2. The number of benzene rings is 2. The predicted octanol–water partition coefficient (Wildman–Crippen LogP) is 3.04. The first-order chi connectivity index (χ1) is 7.66. The number of nitrogens with one attached hydrogen (secondary N) is 1. The van der Waals surface area contributed by atoms with Gasteiger partial charge in [-0.15, -0.1) is 0 Å². The number of aromatic amines is 1. The van der Waals surface area contributed by atoms with E-state index in [-0.39, 0.29) is 11.5 Å². The Morgan fingerprint density at radius 3 is 2.62 bits per heavy atom. The first-order valence-electron chi connectivity index (χ1n) is 5.10. The zero-order chi connectivity index (χ0) is 11.3. The van der Waals surface area contributed by atoms with E-state index in [2.05, 4.69) is 11.1 Å². The maximum Gasteiger partial charge on any atom is 0.182 e. The lowest BCUT2D eigenvalue weighted by Crippen LogP contribution is -1.71. The summed E-state index contributed by atoms with van der Waals surface area (Å²) in [7, 11) is 0. The molecule has 16 heavy (non-hydrogen) atoms. The number of hydrogen-bond donors (Lipinski definition) is 3. The van der Waals surface area contributed by atoms with E-state index in [0.29, 0.717) is 5.52 Å². The average molecular weight is 213 g/mol. The Kier molecular flexibility index (Phi) is 1.66. The van der Waals surface area contributed by atoms with Gasteiger partial charge in [-0.2, -0.15) is 0 Å². The normalized spacial score (nSPS) is 11.3. The fourth-order valence-electron chi connectivity index (χ4n) is 2.06. The third-order valence-electron chi connectivity index (χ3n) is 2.88. The van der Waals surface area contributed by atoms with Gasteiger partial charge in [0, 0.05) is 16.3 Å². The molecule has 3 N–H and O–H groups in total. The second kappa shape index (κ2) is 2.92. The number of hydrogen-bond acceptors (Lipinski definition) is 2. The number of aromatic nitrogens is 1. The van der Waals surface area contributed by atoms with Crippen LogP contribution >= 0.6 is 0 Å².